The van der Waals surface area contributed by atoms with E-state index in [-0.39, 0.29) is 11.7 Å². The number of pyridine rings is 1. The molecule has 3 aromatic rings. The van der Waals surface area contributed by atoms with Gasteiger partial charge in [-0.2, -0.15) is 0 Å². The molecule has 134 valence electrons. The van der Waals surface area contributed by atoms with Crippen molar-refractivity contribution in [3.8, 4) is 5.75 Å². The minimum Gasteiger partial charge on any atom is -0.506 e. The number of aromatic hydroxyl groups is 1. The molecule has 6 heteroatoms. The van der Waals surface area contributed by atoms with Crippen LogP contribution in [0, 0.1) is 0 Å². The zero-order chi connectivity index (χ0) is 18.9. The van der Waals surface area contributed by atoms with Gasteiger partial charge in [0.25, 0.3) is 5.91 Å². The Hall–Kier alpha value is -3.12. The van der Waals surface area contributed by atoms with Gasteiger partial charge in [0.2, 0.25) is 0 Å². The predicted octanol–water partition coefficient (Wildman–Crippen LogP) is 4.19. The lowest BCUT2D eigenvalue weighted by molar-refractivity contribution is 0.102. The fourth-order valence-corrected chi connectivity index (χ4v) is 2.60. The number of anilines is 2. The molecule has 0 aliphatic rings. The van der Waals surface area contributed by atoms with Crippen LogP contribution < -0.4 is 10.4 Å². The third kappa shape index (κ3) is 3.45. The van der Waals surface area contributed by atoms with Crippen LogP contribution in [-0.4, -0.2) is 26.7 Å². The summed E-state index contributed by atoms with van der Waals surface area (Å²) in [7, 11) is 0. The molecule has 0 spiro atoms. The lowest BCUT2D eigenvalue weighted by Gasteiger charge is -2.31. The van der Waals surface area contributed by atoms with Crippen LogP contribution in [-0.2, 0) is 0 Å². The zero-order valence-corrected chi connectivity index (χ0v) is 14.9. The highest BCUT2D eigenvalue weighted by Gasteiger charge is 2.20. The van der Waals surface area contributed by atoms with E-state index in [4.69, 9.17) is 0 Å². The van der Waals surface area contributed by atoms with Gasteiger partial charge in [-0.3, -0.25) is 20.0 Å². The van der Waals surface area contributed by atoms with Crippen LogP contribution in [0.3, 0.4) is 0 Å². The zero-order valence-electron chi connectivity index (χ0n) is 14.9. The summed E-state index contributed by atoms with van der Waals surface area (Å²) in [5, 5.41) is 24.7. The molecular formula is C20H21N3O3. The Labute approximate surface area is 151 Å². The molecule has 0 aliphatic heterocycles. The minimum absolute atomic E-state index is 0.0631. The summed E-state index contributed by atoms with van der Waals surface area (Å²) < 4.78 is 0. The number of hydroxylamine groups is 1. The summed E-state index contributed by atoms with van der Waals surface area (Å²) in [5.41, 5.74) is 1.62. The number of benzene rings is 2. The number of amides is 1. The molecule has 3 N–H and O–H groups in total. The standard InChI is InChI=1S/C20H21N3O3/c1-20(2,3)23(26)14-8-6-13(7-9-14)19(25)22-16-10-11-17(24)18-15(16)5-4-12-21-18/h4-12,24,26H,1-3H3,(H,22,25). The van der Waals surface area contributed by atoms with E-state index < -0.39 is 5.54 Å². The molecule has 3 rings (SSSR count). The average molecular weight is 351 g/mol. The van der Waals surface area contributed by atoms with Crippen molar-refractivity contribution in [1.29, 1.82) is 0 Å². The monoisotopic (exact) mass is 351 g/mol. The molecule has 0 radical (unpaired) electrons. The molecule has 1 amide bonds. The number of rotatable bonds is 3. The van der Waals surface area contributed by atoms with Crippen molar-refractivity contribution in [1.82, 2.24) is 4.98 Å². The van der Waals surface area contributed by atoms with Gasteiger partial charge in [-0.15, -0.1) is 0 Å². The number of carbonyl (C=O) groups excluding carboxylic acids is 1. The number of fused-ring (bicyclic) bond motifs is 1. The number of aromatic nitrogens is 1. The van der Waals surface area contributed by atoms with E-state index in [9.17, 15) is 15.1 Å². The predicted molar refractivity (Wildman–Crippen MR) is 102 cm³/mol. The number of phenolic OH excluding ortho intramolecular Hbond substituents is 1. The number of hydrogen-bond acceptors (Lipinski definition) is 5. The van der Waals surface area contributed by atoms with E-state index in [1.807, 2.05) is 20.8 Å². The van der Waals surface area contributed by atoms with E-state index in [0.29, 0.717) is 27.8 Å². The largest absolute Gasteiger partial charge is 0.506 e. The third-order valence-corrected chi connectivity index (χ3v) is 4.01. The maximum Gasteiger partial charge on any atom is 0.255 e. The van der Waals surface area contributed by atoms with Gasteiger partial charge >= 0.3 is 0 Å². The summed E-state index contributed by atoms with van der Waals surface area (Å²) in [6.45, 7) is 5.66. The fraction of sp³-hybridized carbons (Fsp3) is 0.200. The second-order valence-corrected chi connectivity index (χ2v) is 7.02. The fourth-order valence-electron chi connectivity index (χ4n) is 2.60. The molecule has 0 unspecified atom stereocenters. The van der Waals surface area contributed by atoms with E-state index in [1.165, 1.54) is 6.07 Å². The number of carbonyl (C=O) groups is 1. The Bertz CT molecular complexity index is 947. The molecule has 0 aliphatic carbocycles. The molecule has 2 aromatic carbocycles. The first kappa shape index (κ1) is 17.7. The maximum atomic E-state index is 12.6. The summed E-state index contributed by atoms with van der Waals surface area (Å²) in [5.74, 6) is -0.221. The second-order valence-electron chi connectivity index (χ2n) is 7.02. The van der Waals surface area contributed by atoms with Crippen LogP contribution >= 0.6 is 0 Å². The van der Waals surface area contributed by atoms with Crippen LogP contribution in [0.25, 0.3) is 10.9 Å². The number of nitrogens with zero attached hydrogens (tertiary/aromatic N) is 2. The number of phenols is 1. The molecular weight excluding hydrogens is 330 g/mol. The van der Waals surface area contributed by atoms with Crippen LogP contribution in [0.15, 0.2) is 54.7 Å². The van der Waals surface area contributed by atoms with Gasteiger partial charge < -0.3 is 10.4 Å². The smallest absolute Gasteiger partial charge is 0.255 e. The van der Waals surface area contributed by atoms with Crippen molar-refractivity contribution in [3.63, 3.8) is 0 Å². The summed E-state index contributed by atoms with van der Waals surface area (Å²) >= 11 is 0. The minimum atomic E-state index is -0.443. The van der Waals surface area contributed by atoms with Crippen LogP contribution in [0.1, 0.15) is 31.1 Å². The molecule has 1 aromatic heterocycles. The van der Waals surface area contributed by atoms with Crippen LogP contribution in [0.5, 0.6) is 5.75 Å². The lowest BCUT2D eigenvalue weighted by atomic mass is 10.1. The van der Waals surface area contributed by atoms with Crippen molar-refractivity contribution < 1.29 is 15.1 Å². The molecule has 6 nitrogen and oxygen atoms in total. The van der Waals surface area contributed by atoms with Crippen molar-refractivity contribution in [2.24, 2.45) is 0 Å². The first-order valence-corrected chi connectivity index (χ1v) is 8.24. The first-order chi connectivity index (χ1) is 12.3. The molecule has 0 bridgehead atoms. The Morgan fingerprint density at radius 1 is 1.08 bits per heavy atom. The first-order valence-electron chi connectivity index (χ1n) is 8.24. The Morgan fingerprint density at radius 2 is 1.77 bits per heavy atom. The van der Waals surface area contributed by atoms with E-state index >= 15 is 0 Å². The summed E-state index contributed by atoms with van der Waals surface area (Å²) in [6, 6.07) is 13.4. The number of nitrogens with one attached hydrogen (secondary N) is 1. The van der Waals surface area contributed by atoms with Gasteiger partial charge in [0.15, 0.2) is 0 Å². The Balaban J connectivity index is 1.84. The SMILES string of the molecule is CC(C)(C)N(O)c1ccc(C(=O)Nc2ccc(O)c3ncccc23)cc1. The van der Waals surface area contributed by atoms with Crippen molar-refractivity contribution >= 4 is 28.2 Å². The van der Waals surface area contributed by atoms with Crippen molar-refractivity contribution in [2.75, 3.05) is 10.4 Å². The van der Waals surface area contributed by atoms with Gasteiger partial charge in [0, 0.05) is 17.1 Å². The molecule has 0 saturated heterocycles. The highest BCUT2D eigenvalue weighted by atomic mass is 16.5. The molecule has 0 atom stereocenters. The lowest BCUT2D eigenvalue weighted by Crippen LogP contribution is -2.38. The highest BCUT2D eigenvalue weighted by molar-refractivity contribution is 6.09. The van der Waals surface area contributed by atoms with Gasteiger partial charge in [-0.05, 0) is 69.3 Å². The molecule has 26 heavy (non-hydrogen) atoms. The Kier molecular flexibility index (Phi) is 4.52. The molecule has 1 heterocycles. The maximum absolute atomic E-state index is 12.6. The van der Waals surface area contributed by atoms with Gasteiger partial charge in [0.05, 0.1) is 16.9 Å². The van der Waals surface area contributed by atoms with Crippen LogP contribution in [0.2, 0.25) is 0 Å². The van der Waals surface area contributed by atoms with Gasteiger partial charge in [-0.25, -0.2) is 0 Å². The number of hydrogen-bond donors (Lipinski definition) is 3. The second kappa shape index (κ2) is 6.65. The molecule has 0 fully saturated rings. The summed E-state index contributed by atoms with van der Waals surface area (Å²) in [6.07, 6.45) is 1.59. The normalized spacial score (nSPS) is 11.4. The average Bonchev–Trinajstić information content (AvgIpc) is 2.63. The highest BCUT2D eigenvalue weighted by Crippen LogP contribution is 2.29. The van der Waals surface area contributed by atoms with Crippen molar-refractivity contribution in [3.05, 3.63) is 60.3 Å². The van der Waals surface area contributed by atoms with Gasteiger partial charge in [-0.1, -0.05) is 0 Å². The third-order valence-electron chi connectivity index (χ3n) is 4.01. The van der Waals surface area contributed by atoms with E-state index in [1.54, 1.807) is 48.7 Å². The Morgan fingerprint density at radius 3 is 2.42 bits per heavy atom. The van der Waals surface area contributed by atoms with E-state index in [0.717, 1.165) is 5.06 Å². The topological polar surface area (TPSA) is 85.7 Å². The summed E-state index contributed by atoms with van der Waals surface area (Å²) in [4.78, 5) is 16.7. The molecule has 0 saturated carbocycles. The quantitative estimate of drug-likeness (QED) is 0.487. The van der Waals surface area contributed by atoms with Crippen LogP contribution in [0.4, 0.5) is 11.4 Å². The van der Waals surface area contributed by atoms with E-state index in [2.05, 4.69) is 10.3 Å². The van der Waals surface area contributed by atoms with Crippen molar-refractivity contribution in [2.45, 2.75) is 26.3 Å². The van der Waals surface area contributed by atoms with Gasteiger partial charge in [0.1, 0.15) is 11.3 Å².